The van der Waals surface area contributed by atoms with E-state index in [0.717, 1.165) is 11.3 Å². The number of halogens is 2. The molecule has 2 amide bonds. The number of pyridine rings is 1. The number of benzene rings is 2. The molecule has 0 aliphatic heterocycles. The molecule has 0 aliphatic carbocycles. The molecule has 0 radical (unpaired) electrons. The lowest BCUT2D eigenvalue weighted by Gasteiger charge is -2.11. The Hall–Kier alpha value is -3.72. The number of nitrogens with zero attached hydrogens (tertiary/aromatic N) is 1. The summed E-state index contributed by atoms with van der Waals surface area (Å²) in [7, 11) is 1.26. The van der Waals surface area contributed by atoms with Crippen LogP contribution in [0.4, 0.5) is 11.4 Å². The fourth-order valence-corrected chi connectivity index (χ4v) is 4.46. The lowest BCUT2D eigenvalue weighted by molar-refractivity contribution is 0.0607. The summed E-state index contributed by atoms with van der Waals surface area (Å²) in [5.74, 6) is -1.49. The number of rotatable bonds is 6. The summed E-state index contributed by atoms with van der Waals surface area (Å²) >= 11 is 13.8. The fraction of sp³-hybridized carbons (Fsp3) is 0.0400. The van der Waals surface area contributed by atoms with Crippen LogP contribution >= 0.6 is 34.5 Å². The number of thiophene rings is 1. The van der Waals surface area contributed by atoms with Crippen LogP contribution in [0.2, 0.25) is 10.0 Å². The number of esters is 1. The van der Waals surface area contributed by atoms with Gasteiger partial charge in [0.1, 0.15) is 4.88 Å². The first-order chi connectivity index (χ1) is 16.9. The number of aromatic nitrogens is 1. The van der Waals surface area contributed by atoms with E-state index in [1.807, 2.05) is 12.1 Å². The molecule has 7 nitrogen and oxygen atoms in total. The Morgan fingerprint density at radius 3 is 2.46 bits per heavy atom. The molecule has 2 heterocycles. The molecule has 2 aromatic heterocycles. The van der Waals surface area contributed by atoms with Crippen molar-refractivity contribution in [3.8, 4) is 11.3 Å². The number of methoxy groups -OCH3 is 1. The minimum absolute atomic E-state index is 0.0903. The van der Waals surface area contributed by atoms with Crippen LogP contribution in [0.3, 0.4) is 0 Å². The van der Waals surface area contributed by atoms with Crippen LogP contribution < -0.4 is 10.6 Å². The van der Waals surface area contributed by atoms with E-state index in [2.05, 4.69) is 15.6 Å². The van der Waals surface area contributed by atoms with Gasteiger partial charge in [-0.2, -0.15) is 0 Å². The number of carbonyl (C=O) groups excluding carboxylic acids is 3. The number of carbonyl (C=O) groups is 3. The summed E-state index contributed by atoms with van der Waals surface area (Å²) < 4.78 is 4.72. The standard InChI is InChI=1S/C25H17Cl2N3O4S/c1-34-25(33)22-21(9-11-35-22)30-23(31)14-5-7-16(19(27)12-14)24(32)29-15-6-8-18(26)17(13-15)20-4-2-3-10-28-20/h2-13H,1H3,(H,29,32)(H,30,31). The van der Waals surface area contributed by atoms with Crippen molar-refractivity contribution < 1.29 is 19.1 Å². The lowest BCUT2D eigenvalue weighted by atomic mass is 10.1. The van der Waals surface area contributed by atoms with Crippen molar-refractivity contribution in [2.45, 2.75) is 0 Å². The zero-order chi connectivity index (χ0) is 24.9. The van der Waals surface area contributed by atoms with Crippen molar-refractivity contribution >= 4 is 63.7 Å². The van der Waals surface area contributed by atoms with Crippen molar-refractivity contribution in [1.29, 1.82) is 0 Å². The number of anilines is 2. The number of amides is 2. The predicted molar refractivity (Wildman–Crippen MR) is 138 cm³/mol. The Balaban J connectivity index is 1.50. The average molecular weight is 526 g/mol. The molecule has 0 saturated heterocycles. The molecular formula is C25H17Cl2N3O4S. The summed E-state index contributed by atoms with van der Waals surface area (Å²) in [6, 6.07) is 16.4. The quantitative estimate of drug-likeness (QED) is 0.283. The minimum atomic E-state index is -0.547. The highest BCUT2D eigenvalue weighted by Crippen LogP contribution is 2.30. The van der Waals surface area contributed by atoms with Crippen LogP contribution in [-0.2, 0) is 4.74 Å². The highest BCUT2D eigenvalue weighted by molar-refractivity contribution is 7.12. The van der Waals surface area contributed by atoms with Gasteiger partial charge in [-0.25, -0.2) is 4.79 Å². The van der Waals surface area contributed by atoms with Gasteiger partial charge in [-0.1, -0.05) is 29.3 Å². The molecule has 0 bridgehead atoms. The van der Waals surface area contributed by atoms with Gasteiger partial charge in [0.05, 0.1) is 34.1 Å². The molecule has 0 spiro atoms. The molecule has 35 heavy (non-hydrogen) atoms. The van der Waals surface area contributed by atoms with E-state index in [9.17, 15) is 14.4 Å². The summed E-state index contributed by atoms with van der Waals surface area (Å²) in [6.07, 6.45) is 1.66. The second-order valence-corrected chi connectivity index (χ2v) is 8.90. The molecule has 2 N–H and O–H groups in total. The highest BCUT2D eigenvalue weighted by atomic mass is 35.5. The zero-order valence-electron chi connectivity index (χ0n) is 18.2. The van der Waals surface area contributed by atoms with E-state index in [1.165, 1.54) is 25.3 Å². The van der Waals surface area contributed by atoms with Gasteiger partial charge in [0.2, 0.25) is 0 Å². The third kappa shape index (κ3) is 5.51. The van der Waals surface area contributed by atoms with Gasteiger partial charge in [-0.15, -0.1) is 11.3 Å². The SMILES string of the molecule is COC(=O)c1sccc1NC(=O)c1ccc(C(=O)Nc2ccc(Cl)c(-c3ccccn3)c2)c(Cl)c1. The molecule has 176 valence electrons. The maximum Gasteiger partial charge on any atom is 0.350 e. The smallest absolute Gasteiger partial charge is 0.350 e. The van der Waals surface area contributed by atoms with Crippen molar-refractivity contribution in [1.82, 2.24) is 4.98 Å². The number of nitrogens with one attached hydrogen (secondary N) is 2. The van der Waals surface area contributed by atoms with Crippen molar-refractivity contribution in [2.75, 3.05) is 17.7 Å². The summed E-state index contributed by atoms with van der Waals surface area (Å²) in [6.45, 7) is 0. The minimum Gasteiger partial charge on any atom is -0.465 e. The summed E-state index contributed by atoms with van der Waals surface area (Å²) in [4.78, 5) is 41.9. The van der Waals surface area contributed by atoms with Gasteiger partial charge in [-0.05, 0) is 60.0 Å². The lowest BCUT2D eigenvalue weighted by Crippen LogP contribution is -2.16. The maximum absolute atomic E-state index is 12.9. The van der Waals surface area contributed by atoms with Crippen LogP contribution in [-0.4, -0.2) is 29.9 Å². The van der Waals surface area contributed by atoms with E-state index in [4.69, 9.17) is 27.9 Å². The molecule has 0 aliphatic rings. The largest absolute Gasteiger partial charge is 0.465 e. The molecule has 4 aromatic rings. The van der Waals surface area contributed by atoms with Crippen LogP contribution in [0.5, 0.6) is 0 Å². The van der Waals surface area contributed by atoms with Crippen molar-refractivity contribution in [2.24, 2.45) is 0 Å². The van der Waals surface area contributed by atoms with E-state index in [-0.39, 0.29) is 21.0 Å². The number of ether oxygens (including phenoxy) is 1. The molecule has 0 atom stereocenters. The summed E-state index contributed by atoms with van der Waals surface area (Å²) in [5.41, 5.74) is 2.58. The van der Waals surface area contributed by atoms with Crippen LogP contribution in [0, 0.1) is 0 Å². The first-order valence-electron chi connectivity index (χ1n) is 10.2. The average Bonchev–Trinajstić information content (AvgIpc) is 3.33. The molecule has 0 unspecified atom stereocenters. The van der Waals surface area contributed by atoms with Gasteiger partial charge in [0.15, 0.2) is 0 Å². The Morgan fingerprint density at radius 1 is 0.914 bits per heavy atom. The van der Waals surface area contributed by atoms with Crippen LogP contribution in [0.15, 0.2) is 72.2 Å². The van der Waals surface area contributed by atoms with Crippen LogP contribution in [0.25, 0.3) is 11.3 Å². The Morgan fingerprint density at radius 2 is 1.74 bits per heavy atom. The normalized spacial score (nSPS) is 10.5. The molecule has 10 heteroatoms. The highest BCUT2D eigenvalue weighted by Gasteiger charge is 2.18. The first-order valence-corrected chi connectivity index (χ1v) is 11.8. The van der Waals surface area contributed by atoms with E-state index in [1.54, 1.807) is 41.9 Å². The molecule has 4 rings (SSSR count). The number of hydrogen-bond acceptors (Lipinski definition) is 6. The van der Waals surface area contributed by atoms with Crippen molar-refractivity contribution in [3.05, 3.63) is 98.3 Å². The molecule has 0 fully saturated rings. The summed E-state index contributed by atoms with van der Waals surface area (Å²) in [5, 5.41) is 7.70. The fourth-order valence-electron chi connectivity index (χ4n) is 3.21. The second kappa shape index (κ2) is 10.7. The van der Waals surface area contributed by atoms with Crippen LogP contribution in [0.1, 0.15) is 30.4 Å². The monoisotopic (exact) mass is 525 g/mol. The predicted octanol–water partition coefficient (Wildman–Crippen LogP) is 6.41. The van der Waals surface area contributed by atoms with E-state index >= 15 is 0 Å². The molecule has 2 aromatic carbocycles. The maximum atomic E-state index is 12.9. The first kappa shape index (κ1) is 24.4. The third-order valence-electron chi connectivity index (χ3n) is 4.93. The second-order valence-electron chi connectivity index (χ2n) is 7.17. The zero-order valence-corrected chi connectivity index (χ0v) is 20.5. The topological polar surface area (TPSA) is 97.4 Å². The Bertz CT molecular complexity index is 1420. The Labute approximate surface area is 214 Å². The Kier molecular flexibility index (Phi) is 7.45. The van der Waals surface area contributed by atoms with Gasteiger partial charge in [-0.3, -0.25) is 14.6 Å². The number of hydrogen-bond donors (Lipinski definition) is 2. The van der Waals surface area contributed by atoms with E-state index < -0.39 is 17.8 Å². The van der Waals surface area contributed by atoms with Gasteiger partial charge >= 0.3 is 5.97 Å². The third-order valence-corrected chi connectivity index (χ3v) is 6.46. The van der Waals surface area contributed by atoms with Crippen molar-refractivity contribution in [3.63, 3.8) is 0 Å². The molecule has 0 saturated carbocycles. The van der Waals surface area contributed by atoms with Gasteiger partial charge < -0.3 is 15.4 Å². The van der Waals surface area contributed by atoms with Gasteiger partial charge in [0.25, 0.3) is 11.8 Å². The van der Waals surface area contributed by atoms with Gasteiger partial charge in [0, 0.05) is 23.0 Å². The molecular weight excluding hydrogens is 509 g/mol. The van der Waals surface area contributed by atoms with E-state index in [0.29, 0.717) is 27.7 Å².